The van der Waals surface area contributed by atoms with Gasteiger partial charge in [0, 0.05) is 0 Å². The van der Waals surface area contributed by atoms with Crippen LogP contribution in [0.3, 0.4) is 0 Å². The van der Waals surface area contributed by atoms with Crippen LogP contribution in [0.4, 0.5) is 0 Å². The van der Waals surface area contributed by atoms with Gasteiger partial charge in [-0.05, 0) is 28.1 Å². The Hall–Kier alpha value is -0.320. The fourth-order valence-corrected chi connectivity index (χ4v) is 2.59. The van der Waals surface area contributed by atoms with Gasteiger partial charge in [0.1, 0.15) is 5.69 Å². The Labute approximate surface area is 92.7 Å². The second kappa shape index (κ2) is 3.82. The summed E-state index contributed by atoms with van der Waals surface area (Å²) in [7, 11) is 0. The molecule has 2 aromatic heterocycles. The summed E-state index contributed by atoms with van der Waals surface area (Å²) in [5, 5.41) is 0. The zero-order chi connectivity index (χ0) is 9.26. The molecule has 0 aliphatic heterocycles. The Balaban J connectivity index is 2.45. The molecular weight excluding hydrogens is 274 g/mol. The number of rotatable bonds is 2. The Morgan fingerprint density at radius 3 is 3.00 bits per heavy atom. The summed E-state index contributed by atoms with van der Waals surface area (Å²) in [5.74, 6) is 1.15. The molecule has 0 saturated heterocycles. The molecule has 2 nitrogen and oxygen atoms in total. The molecule has 0 unspecified atom stereocenters. The topological polar surface area (TPSA) is 26.0 Å². The van der Waals surface area contributed by atoms with E-state index < -0.39 is 0 Å². The van der Waals surface area contributed by atoms with Crippen molar-refractivity contribution in [3.05, 3.63) is 28.0 Å². The molecule has 0 aliphatic carbocycles. The lowest BCUT2D eigenvalue weighted by atomic mass is 10.3. The molecule has 0 atom stereocenters. The number of halogens is 2. The quantitative estimate of drug-likeness (QED) is 0.779. The highest BCUT2D eigenvalue weighted by Gasteiger charge is 2.11. The van der Waals surface area contributed by atoms with Crippen LogP contribution >= 0.6 is 38.9 Å². The SMILES string of the molecule is ClCc1ncoc1-c1ccc(Br)s1. The van der Waals surface area contributed by atoms with Crippen molar-refractivity contribution >= 4 is 38.9 Å². The first-order valence-electron chi connectivity index (χ1n) is 3.55. The molecule has 13 heavy (non-hydrogen) atoms. The smallest absolute Gasteiger partial charge is 0.181 e. The van der Waals surface area contributed by atoms with E-state index in [1.54, 1.807) is 11.3 Å². The zero-order valence-electron chi connectivity index (χ0n) is 6.46. The molecule has 0 bridgehead atoms. The number of nitrogens with zero attached hydrogens (tertiary/aromatic N) is 1. The fourth-order valence-electron chi connectivity index (χ4n) is 1.00. The number of hydrogen-bond donors (Lipinski definition) is 0. The Morgan fingerprint density at radius 1 is 1.54 bits per heavy atom. The average molecular weight is 279 g/mol. The average Bonchev–Trinajstić information content (AvgIpc) is 2.71. The van der Waals surface area contributed by atoms with Gasteiger partial charge in [0.2, 0.25) is 0 Å². The molecule has 0 aliphatic rings. The molecule has 0 fully saturated rings. The largest absolute Gasteiger partial charge is 0.442 e. The van der Waals surface area contributed by atoms with Crippen molar-refractivity contribution in [2.24, 2.45) is 0 Å². The third-order valence-electron chi connectivity index (χ3n) is 1.56. The minimum atomic E-state index is 0.376. The predicted molar refractivity (Wildman–Crippen MR) is 57.1 cm³/mol. The third kappa shape index (κ3) is 1.80. The molecule has 68 valence electrons. The first kappa shape index (κ1) is 9.24. The van der Waals surface area contributed by atoms with Gasteiger partial charge in [0.05, 0.1) is 14.5 Å². The number of hydrogen-bond acceptors (Lipinski definition) is 3. The van der Waals surface area contributed by atoms with Crippen molar-refractivity contribution in [2.75, 3.05) is 0 Å². The highest BCUT2D eigenvalue weighted by Crippen LogP contribution is 2.33. The van der Waals surface area contributed by atoms with E-state index in [1.165, 1.54) is 6.39 Å². The number of oxazole rings is 1. The molecule has 0 saturated carbocycles. The van der Waals surface area contributed by atoms with Crippen molar-refractivity contribution < 1.29 is 4.42 Å². The molecule has 2 aromatic rings. The molecule has 0 amide bonds. The van der Waals surface area contributed by atoms with Crippen molar-refractivity contribution in [2.45, 2.75) is 5.88 Å². The van der Waals surface area contributed by atoms with E-state index in [0.29, 0.717) is 5.88 Å². The van der Waals surface area contributed by atoms with Crippen LogP contribution in [-0.2, 0) is 5.88 Å². The maximum atomic E-state index is 5.70. The fraction of sp³-hybridized carbons (Fsp3) is 0.125. The molecule has 2 heterocycles. The minimum absolute atomic E-state index is 0.376. The zero-order valence-corrected chi connectivity index (χ0v) is 9.62. The molecule has 0 N–H and O–H groups in total. The number of alkyl halides is 1. The Kier molecular flexibility index (Phi) is 2.71. The van der Waals surface area contributed by atoms with E-state index >= 15 is 0 Å². The van der Waals surface area contributed by atoms with E-state index in [-0.39, 0.29) is 0 Å². The summed E-state index contributed by atoms with van der Waals surface area (Å²) in [6.07, 6.45) is 1.42. The van der Waals surface area contributed by atoms with Gasteiger partial charge in [-0.1, -0.05) is 0 Å². The van der Waals surface area contributed by atoms with Gasteiger partial charge in [0.25, 0.3) is 0 Å². The Morgan fingerprint density at radius 2 is 2.38 bits per heavy atom. The highest BCUT2D eigenvalue weighted by molar-refractivity contribution is 9.11. The van der Waals surface area contributed by atoms with Crippen LogP contribution < -0.4 is 0 Å². The van der Waals surface area contributed by atoms with Crippen molar-refractivity contribution in [1.82, 2.24) is 4.98 Å². The van der Waals surface area contributed by atoms with Gasteiger partial charge in [-0.25, -0.2) is 4.98 Å². The summed E-state index contributed by atoms with van der Waals surface area (Å²) in [6, 6.07) is 3.95. The van der Waals surface area contributed by atoms with Gasteiger partial charge in [0.15, 0.2) is 12.2 Å². The van der Waals surface area contributed by atoms with Gasteiger partial charge < -0.3 is 4.42 Å². The van der Waals surface area contributed by atoms with Crippen molar-refractivity contribution in [3.8, 4) is 10.6 Å². The predicted octanol–water partition coefficient (Wildman–Crippen LogP) is 3.90. The summed E-state index contributed by atoms with van der Waals surface area (Å²) in [5.41, 5.74) is 0.788. The Bertz CT molecular complexity index is 412. The van der Waals surface area contributed by atoms with Gasteiger partial charge >= 0.3 is 0 Å². The summed E-state index contributed by atoms with van der Waals surface area (Å²) in [4.78, 5) is 5.05. The monoisotopic (exact) mass is 277 g/mol. The minimum Gasteiger partial charge on any atom is -0.442 e. The van der Waals surface area contributed by atoms with Crippen LogP contribution in [0.15, 0.2) is 26.7 Å². The first-order chi connectivity index (χ1) is 6.31. The van der Waals surface area contributed by atoms with Crippen molar-refractivity contribution in [3.63, 3.8) is 0 Å². The lowest BCUT2D eigenvalue weighted by Crippen LogP contribution is -1.78. The van der Waals surface area contributed by atoms with Gasteiger partial charge in [-0.3, -0.25) is 0 Å². The first-order valence-corrected chi connectivity index (χ1v) is 5.69. The van der Waals surface area contributed by atoms with Gasteiger partial charge in [-0.15, -0.1) is 22.9 Å². The van der Waals surface area contributed by atoms with Crippen LogP contribution in [-0.4, -0.2) is 4.98 Å². The third-order valence-corrected chi connectivity index (χ3v) is 3.44. The van der Waals surface area contributed by atoms with E-state index in [1.807, 2.05) is 12.1 Å². The second-order valence-electron chi connectivity index (χ2n) is 2.37. The van der Waals surface area contributed by atoms with Crippen LogP contribution in [0, 0.1) is 0 Å². The maximum absolute atomic E-state index is 5.70. The normalized spacial score (nSPS) is 10.6. The molecule has 2 rings (SSSR count). The van der Waals surface area contributed by atoms with Crippen molar-refractivity contribution in [1.29, 1.82) is 0 Å². The second-order valence-corrected chi connectivity index (χ2v) is 5.10. The number of aromatic nitrogens is 1. The van der Waals surface area contributed by atoms with Crippen LogP contribution in [0.25, 0.3) is 10.6 Å². The lowest BCUT2D eigenvalue weighted by molar-refractivity contribution is 0.572. The van der Waals surface area contributed by atoms with E-state index in [4.69, 9.17) is 16.0 Å². The summed E-state index contributed by atoms with van der Waals surface area (Å²) >= 11 is 10.7. The van der Waals surface area contributed by atoms with Gasteiger partial charge in [-0.2, -0.15) is 0 Å². The molecule has 0 aromatic carbocycles. The molecular formula is C8H5BrClNOS. The molecule has 0 radical (unpaired) electrons. The maximum Gasteiger partial charge on any atom is 0.181 e. The summed E-state index contributed by atoms with van der Waals surface area (Å²) < 4.78 is 6.32. The lowest BCUT2D eigenvalue weighted by Gasteiger charge is -1.91. The van der Waals surface area contributed by atoms with E-state index in [2.05, 4.69) is 20.9 Å². The summed E-state index contributed by atoms with van der Waals surface area (Å²) in [6.45, 7) is 0. The van der Waals surface area contributed by atoms with Crippen LogP contribution in [0.2, 0.25) is 0 Å². The standard InChI is InChI=1S/C8H5BrClNOS/c9-7-2-1-6(13-7)8-5(3-10)11-4-12-8/h1-2,4H,3H2. The molecule has 0 spiro atoms. The van der Waals surface area contributed by atoms with E-state index in [9.17, 15) is 0 Å². The van der Waals surface area contributed by atoms with Crippen LogP contribution in [0.5, 0.6) is 0 Å². The molecule has 5 heteroatoms. The van der Waals surface area contributed by atoms with Crippen LogP contribution in [0.1, 0.15) is 5.69 Å². The van der Waals surface area contributed by atoms with E-state index in [0.717, 1.165) is 20.1 Å². The highest BCUT2D eigenvalue weighted by atomic mass is 79.9. The number of thiophene rings is 1.